The smallest absolute Gasteiger partial charge is 0.343 e. The van der Waals surface area contributed by atoms with Crippen molar-refractivity contribution in [3.05, 3.63) is 65.5 Å². The van der Waals surface area contributed by atoms with Gasteiger partial charge < -0.3 is 23.7 Å². The zero-order valence-corrected chi connectivity index (χ0v) is 19.5. The van der Waals surface area contributed by atoms with E-state index in [1.807, 2.05) is 6.07 Å². The number of esters is 1. The molecule has 8 nitrogen and oxygen atoms in total. The van der Waals surface area contributed by atoms with Gasteiger partial charge in [0.15, 0.2) is 11.6 Å². The van der Waals surface area contributed by atoms with Crippen LogP contribution in [0.3, 0.4) is 0 Å². The summed E-state index contributed by atoms with van der Waals surface area (Å²) in [4.78, 5) is 22.5. The molecule has 0 radical (unpaired) electrons. The molecule has 1 atom stereocenters. The van der Waals surface area contributed by atoms with Gasteiger partial charge in [-0.2, -0.15) is 5.26 Å². The molecule has 0 N–H and O–H groups in total. The summed E-state index contributed by atoms with van der Waals surface area (Å²) in [6.07, 6.45) is 5.05. The SMILES string of the molecule is COCCC#N.O=C/C=C/c1ccc(OC(=O)c2ccc(OCCOCCC3CO3)cc2)c(F)c1. The Morgan fingerprint density at radius 3 is 2.54 bits per heavy atom. The Balaban J connectivity index is 0.000000641. The highest BCUT2D eigenvalue weighted by Gasteiger charge is 2.21. The molecule has 35 heavy (non-hydrogen) atoms. The largest absolute Gasteiger partial charge is 0.491 e. The van der Waals surface area contributed by atoms with Gasteiger partial charge >= 0.3 is 5.97 Å². The molecule has 2 aromatic carbocycles. The number of methoxy groups -OCH3 is 1. The van der Waals surface area contributed by atoms with Crippen molar-refractivity contribution >= 4 is 18.3 Å². The molecule has 3 rings (SSSR count). The summed E-state index contributed by atoms with van der Waals surface area (Å²) in [5.41, 5.74) is 0.753. The van der Waals surface area contributed by atoms with E-state index in [9.17, 15) is 14.0 Å². The summed E-state index contributed by atoms with van der Waals surface area (Å²) in [5.74, 6) is -0.975. The van der Waals surface area contributed by atoms with Gasteiger partial charge in [-0.3, -0.25) is 4.79 Å². The average Bonchev–Trinajstić information content (AvgIpc) is 3.70. The number of hydrogen-bond donors (Lipinski definition) is 0. The lowest BCUT2D eigenvalue weighted by molar-refractivity contribution is -0.104. The van der Waals surface area contributed by atoms with Gasteiger partial charge in [0.05, 0.1) is 44.0 Å². The number of nitriles is 1. The third-order valence-electron chi connectivity index (χ3n) is 4.52. The first-order valence-corrected chi connectivity index (χ1v) is 11.0. The Bertz CT molecular complexity index is 998. The number of allylic oxidation sites excluding steroid dienone is 1. The molecule has 0 saturated carbocycles. The van der Waals surface area contributed by atoms with Gasteiger partial charge in [-0.1, -0.05) is 12.1 Å². The normalized spacial score (nSPS) is 13.9. The molecule has 0 bridgehead atoms. The lowest BCUT2D eigenvalue weighted by Gasteiger charge is -2.09. The van der Waals surface area contributed by atoms with Crippen molar-refractivity contribution in [2.45, 2.75) is 18.9 Å². The van der Waals surface area contributed by atoms with Crippen LogP contribution in [0, 0.1) is 17.1 Å². The Hall–Kier alpha value is -3.58. The van der Waals surface area contributed by atoms with Gasteiger partial charge in [-0.05, 0) is 54.5 Å². The van der Waals surface area contributed by atoms with Gasteiger partial charge in [0.1, 0.15) is 18.6 Å². The highest BCUT2D eigenvalue weighted by molar-refractivity contribution is 5.91. The maximum absolute atomic E-state index is 14.1. The van der Waals surface area contributed by atoms with Crippen molar-refractivity contribution in [1.29, 1.82) is 5.26 Å². The van der Waals surface area contributed by atoms with Crippen molar-refractivity contribution in [3.8, 4) is 17.6 Å². The first-order chi connectivity index (χ1) is 17.1. The molecule has 0 aromatic heterocycles. The monoisotopic (exact) mass is 485 g/mol. The highest BCUT2D eigenvalue weighted by atomic mass is 19.1. The topological polar surface area (TPSA) is 107 Å². The van der Waals surface area contributed by atoms with Crippen LogP contribution in [0.15, 0.2) is 48.5 Å². The summed E-state index contributed by atoms with van der Waals surface area (Å²) in [7, 11) is 1.58. The molecule has 0 spiro atoms. The van der Waals surface area contributed by atoms with E-state index >= 15 is 0 Å². The number of hydrogen-bond acceptors (Lipinski definition) is 8. The third kappa shape index (κ3) is 11.4. The van der Waals surface area contributed by atoms with Crippen molar-refractivity contribution in [2.75, 3.05) is 40.1 Å². The number of ether oxygens (including phenoxy) is 5. The molecule has 9 heteroatoms. The fourth-order valence-corrected chi connectivity index (χ4v) is 2.62. The van der Waals surface area contributed by atoms with Crippen molar-refractivity contribution in [1.82, 2.24) is 0 Å². The van der Waals surface area contributed by atoms with E-state index in [0.29, 0.717) is 56.6 Å². The van der Waals surface area contributed by atoms with Crippen LogP contribution in [-0.2, 0) is 19.0 Å². The van der Waals surface area contributed by atoms with E-state index in [0.717, 1.165) is 13.0 Å². The number of aldehydes is 1. The minimum atomic E-state index is -0.695. The summed E-state index contributed by atoms with van der Waals surface area (Å²) in [6, 6.07) is 12.4. The Morgan fingerprint density at radius 1 is 1.17 bits per heavy atom. The van der Waals surface area contributed by atoms with Crippen LogP contribution < -0.4 is 9.47 Å². The molecular weight excluding hydrogens is 457 g/mol. The maximum Gasteiger partial charge on any atom is 0.343 e. The van der Waals surface area contributed by atoms with Crippen LogP contribution >= 0.6 is 0 Å². The van der Waals surface area contributed by atoms with Gasteiger partial charge in [-0.15, -0.1) is 0 Å². The number of halogens is 1. The van der Waals surface area contributed by atoms with Crippen molar-refractivity contribution in [3.63, 3.8) is 0 Å². The van der Waals surface area contributed by atoms with Gasteiger partial charge in [0.25, 0.3) is 0 Å². The molecule has 1 aliphatic heterocycles. The van der Waals surface area contributed by atoms with E-state index in [-0.39, 0.29) is 11.3 Å². The summed E-state index contributed by atoms with van der Waals surface area (Å²) in [6.45, 7) is 2.88. The molecule has 1 heterocycles. The van der Waals surface area contributed by atoms with E-state index < -0.39 is 11.8 Å². The quantitative estimate of drug-likeness (QED) is 0.105. The van der Waals surface area contributed by atoms with Crippen LogP contribution in [-0.4, -0.2) is 58.5 Å². The lowest BCUT2D eigenvalue weighted by atomic mass is 10.2. The standard InChI is InChI=1S/C22H21FO6.C4H7NO/c23-20-14-16(2-1-10-24)3-8-21(20)29-22(25)17-4-6-18(7-5-17)27-13-12-26-11-9-19-15-28-19;1-6-4-2-3-5/h1-8,10,14,19H,9,11-13,15H2;2,4H2,1H3/b2-1+;. The molecule has 1 aliphatic rings. The number of rotatable bonds is 13. The zero-order valence-electron chi connectivity index (χ0n) is 19.5. The minimum Gasteiger partial charge on any atom is -0.491 e. The summed E-state index contributed by atoms with van der Waals surface area (Å²) < 4.78 is 39.8. The Morgan fingerprint density at radius 2 is 1.94 bits per heavy atom. The second-order valence-electron chi connectivity index (χ2n) is 7.20. The number of carbonyl (C=O) groups is 2. The summed E-state index contributed by atoms with van der Waals surface area (Å²) >= 11 is 0. The predicted octanol–water partition coefficient (Wildman–Crippen LogP) is 3.99. The van der Waals surface area contributed by atoms with Crippen LogP contribution in [0.4, 0.5) is 4.39 Å². The number of carbonyl (C=O) groups excluding carboxylic acids is 2. The number of nitrogens with zero attached hydrogens (tertiary/aromatic N) is 1. The van der Waals surface area contributed by atoms with Gasteiger partial charge in [-0.25, -0.2) is 9.18 Å². The molecule has 0 aliphatic carbocycles. The fraction of sp³-hybridized carbons (Fsp3) is 0.346. The van der Waals surface area contributed by atoms with Crippen LogP contribution in [0.25, 0.3) is 6.08 Å². The number of benzene rings is 2. The van der Waals surface area contributed by atoms with Crippen LogP contribution in [0.2, 0.25) is 0 Å². The van der Waals surface area contributed by atoms with Crippen LogP contribution in [0.5, 0.6) is 11.5 Å². The Labute approximate surface area is 203 Å². The molecule has 186 valence electrons. The first-order valence-electron chi connectivity index (χ1n) is 11.0. The summed E-state index contributed by atoms with van der Waals surface area (Å²) in [5, 5.41) is 7.87. The third-order valence-corrected chi connectivity index (χ3v) is 4.52. The van der Waals surface area contributed by atoms with E-state index in [4.69, 9.17) is 24.2 Å². The molecule has 1 fully saturated rings. The first kappa shape index (κ1) is 27.7. The fourth-order valence-electron chi connectivity index (χ4n) is 2.62. The van der Waals surface area contributed by atoms with Crippen molar-refractivity contribution < 1.29 is 37.7 Å². The zero-order chi connectivity index (χ0) is 25.3. The predicted molar refractivity (Wildman–Crippen MR) is 126 cm³/mol. The van der Waals surface area contributed by atoms with Crippen molar-refractivity contribution in [2.24, 2.45) is 0 Å². The van der Waals surface area contributed by atoms with Gasteiger partial charge in [0, 0.05) is 13.7 Å². The highest BCUT2D eigenvalue weighted by Crippen LogP contribution is 2.21. The van der Waals surface area contributed by atoms with Crippen LogP contribution in [0.1, 0.15) is 28.8 Å². The van der Waals surface area contributed by atoms with E-state index in [1.54, 1.807) is 37.4 Å². The van der Waals surface area contributed by atoms with E-state index in [1.165, 1.54) is 24.3 Å². The second-order valence-corrected chi connectivity index (χ2v) is 7.20. The Kier molecular flexibility index (Phi) is 12.7. The lowest BCUT2D eigenvalue weighted by Crippen LogP contribution is -2.10. The molecular formula is C26H28FNO7. The second kappa shape index (κ2) is 16.1. The van der Waals surface area contributed by atoms with Gasteiger partial charge in [0.2, 0.25) is 0 Å². The molecule has 1 saturated heterocycles. The minimum absolute atomic E-state index is 0.188. The molecule has 0 amide bonds. The van der Waals surface area contributed by atoms with E-state index in [2.05, 4.69) is 4.74 Å². The molecule has 2 aromatic rings. The maximum atomic E-state index is 14.1. The molecule has 1 unspecified atom stereocenters. The number of epoxide rings is 1. The average molecular weight is 486 g/mol.